The normalized spacial score (nSPS) is 11.9. The van der Waals surface area contributed by atoms with E-state index in [9.17, 15) is 14.4 Å². The molecule has 8 nitrogen and oxygen atoms in total. The number of ether oxygens (including phenoxy) is 2. The molecule has 0 N–H and O–H groups in total. The summed E-state index contributed by atoms with van der Waals surface area (Å²) in [5.74, 6) is 0. The van der Waals surface area contributed by atoms with Crippen molar-refractivity contribution in [2.45, 2.75) is 45.5 Å². The summed E-state index contributed by atoms with van der Waals surface area (Å²) in [4.78, 5) is 38.0. The molecular weight excluding hydrogens is 350 g/mol. The third kappa shape index (κ3) is 6.33. The van der Waals surface area contributed by atoms with Gasteiger partial charge in [-0.3, -0.25) is 0 Å². The zero-order valence-electron chi connectivity index (χ0n) is 16.0. The molecule has 1 aromatic rings. The largest absolute Gasteiger partial charge is 0.375 e. The highest BCUT2D eigenvalue weighted by Crippen LogP contribution is 1.97. The molecule has 0 bridgehead atoms. The number of aromatic nitrogens is 3. The topological polar surface area (TPSA) is 84.5 Å². The van der Waals surface area contributed by atoms with Gasteiger partial charge in [-0.05, 0) is 6.42 Å². The lowest BCUT2D eigenvalue weighted by molar-refractivity contribution is -0.00864. The first-order valence-corrected chi connectivity index (χ1v) is 8.98. The molecule has 0 fully saturated rings. The van der Waals surface area contributed by atoms with Crippen molar-refractivity contribution in [2.75, 3.05) is 19.8 Å². The van der Waals surface area contributed by atoms with Gasteiger partial charge < -0.3 is 9.47 Å². The number of hydrogen-bond donors (Lipinski definition) is 0. The van der Waals surface area contributed by atoms with Gasteiger partial charge in [0.2, 0.25) is 0 Å². The predicted octanol–water partition coefficient (Wildman–Crippen LogP) is 0.932. The predicted molar refractivity (Wildman–Crippen MR) is 105 cm³/mol. The minimum Gasteiger partial charge on any atom is -0.375 e. The highest BCUT2D eigenvalue weighted by atomic mass is 16.5. The van der Waals surface area contributed by atoms with Crippen LogP contribution in [0.25, 0.3) is 0 Å². The Morgan fingerprint density at radius 3 is 2.15 bits per heavy atom. The van der Waals surface area contributed by atoms with Crippen molar-refractivity contribution in [1.29, 1.82) is 0 Å². The van der Waals surface area contributed by atoms with E-state index in [0.29, 0.717) is 13.0 Å². The Balaban J connectivity index is 3.34. The molecule has 0 saturated carbocycles. The summed E-state index contributed by atoms with van der Waals surface area (Å²) < 4.78 is 14.1. The first-order chi connectivity index (χ1) is 13.0. The Hall–Kier alpha value is -2.45. The van der Waals surface area contributed by atoms with Gasteiger partial charge in [0, 0.05) is 6.54 Å². The molecule has 0 aromatic carbocycles. The van der Waals surface area contributed by atoms with Crippen molar-refractivity contribution < 1.29 is 9.47 Å². The monoisotopic (exact) mass is 379 g/mol. The summed E-state index contributed by atoms with van der Waals surface area (Å²) in [5, 5.41) is 0. The highest BCUT2D eigenvalue weighted by Gasteiger charge is 2.18. The quantitative estimate of drug-likeness (QED) is 0.355. The Labute approximate surface area is 158 Å². The number of unbranched alkanes of at least 4 members (excludes halogenated alkanes) is 1. The van der Waals surface area contributed by atoms with Crippen LogP contribution in [-0.4, -0.2) is 39.6 Å². The molecule has 1 rings (SSSR count). The smallest absolute Gasteiger partial charge is 0.336 e. The van der Waals surface area contributed by atoms with Gasteiger partial charge in [0.1, 0.15) is 0 Å². The summed E-state index contributed by atoms with van der Waals surface area (Å²) in [6.07, 6.45) is 5.52. The molecule has 0 amide bonds. The summed E-state index contributed by atoms with van der Waals surface area (Å²) in [7, 11) is 0. The Bertz CT molecular complexity index is 803. The fourth-order valence-corrected chi connectivity index (χ4v) is 2.48. The molecule has 0 saturated heterocycles. The molecule has 0 aliphatic carbocycles. The molecule has 27 heavy (non-hydrogen) atoms. The Morgan fingerprint density at radius 1 is 0.926 bits per heavy atom. The molecule has 150 valence electrons. The van der Waals surface area contributed by atoms with E-state index in [2.05, 4.69) is 19.7 Å². The number of hydrogen-bond acceptors (Lipinski definition) is 5. The standard InChI is InChI=1S/C19H29N3O5/c1-5-9-11-21-17(23)20(10-6-2)18(24)22(19(21)25)14-16(27-13-8-4)15-26-12-7-3/h6-8,16H,2-5,9-15H2,1H3. The van der Waals surface area contributed by atoms with Gasteiger partial charge in [-0.15, -0.1) is 19.7 Å². The second-order valence-corrected chi connectivity index (χ2v) is 5.93. The zero-order chi connectivity index (χ0) is 20.2. The van der Waals surface area contributed by atoms with Gasteiger partial charge in [0.05, 0.1) is 39.0 Å². The van der Waals surface area contributed by atoms with Crippen LogP contribution in [0.4, 0.5) is 0 Å². The molecule has 0 radical (unpaired) electrons. The van der Waals surface area contributed by atoms with Crippen LogP contribution in [0.5, 0.6) is 0 Å². The van der Waals surface area contributed by atoms with E-state index in [4.69, 9.17) is 9.47 Å². The molecule has 1 unspecified atom stereocenters. The van der Waals surface area contributed by atoms with E-state index in [1.54, 1.807) is 12.2 Å². The van der Waals surface area contributed by atoms with Gasteiger partial charge in [0.25, 0.3) is 0 Å². The fraction of sp³-hybridized carbons (Fsp3) is 0.526. The third-order valence-corrected chi connectivity index (χ3v) is 3.81. The van der Waals surface area contributed by atoms with Crippen LogP contribution in [-0.2, 0) is 29.1 Å². The van der Waals surface area contributed by atoms with Crippen molar-refractivity contribution in [2.24, 2.45) is 0 Å². The summed E-state index contributed by atoms with van der Waals surface area (Å²) >= 11 is 0. The van der Waals surface area contributed by atoms with Crippen molar-refractivity contribution in [3.8, 4) is 0 Å². The van der Waals surface area contributed by atoms with Crippen LogP contribution in [0.2, 0.25) is 0 Å². The lowest BCUT2D eigenvalue weighted by atomic mass is 10.3. The van der Waals surface area contributed by atoms with Crippen molar-refractivity contribution in [3.63, 3.8) is 0 Å². The molecule has 1 atom stereocenters. The molecular formula is C19H29N3O5. The second kappa shape index (κ2) is 12.0. The Kier molecular flexibility index (Phi) is 10.1. The van der Waals surface area contributed by atoms with E-state index in [1.165, 1.54) is 6.08 Å². The van der Waals surface area contributed by atoms with Crippen LogP contribution < -0.4 is 17.1 Å². The summed E-state index contributed by atoms with van der Waals surface area (Å²) in [6, 6.07) is 0. The maximum atomic E-state index is 12.8. The van der Waals surface area contributed by atoms with Crippen LogP contribution in [0.1, 0.15) is 19.8 Å². The Morgan fingerprint density at radius 2 is 1.56 bits per heavy atom. The van der Waals surface area contributed by atoms with Crippen LogP contribution in [0.15, 0.2) is 52.3 Å². The van der Waals surface area contributed by atoms with E-state index in [-0.39, 0.29) is 32.8 Å². The minimum absolute atomic E-state index is 0.0230. The van der Waals surface area contributed by atoms with Gasteiger partial charge in [-0.2, -0.15) is 0 Å². The maximum absolute atomic E-state index is 12.8. The number of rotatable bonds is 14. The lowest BCUT2D eigenvalue weighted by Crippen LogP contribution is -2.55. The summed E-state index contributed by atoms with van der Waals surface area (Å²) in [5.41, 5.74) is -1.95. The second-order valence-electron chi connectivity index (χ2n) is 5.93. The SMILES string of the molecule is C=CCOCC(Cn1c(=O)n(CC=C)c(=O)n(CCCC)c1=O)OCC=C. The van der Waals surface area contributed by atoms with Gasteiger partial charge in [-0.1, -0.05) is 31.6 Å². The highest BCUT2D eigenvalue weighted by molar-refractivity contribution is 4.83. The fourth-order valence-electron chi connectivity index (χ4n) is 2.48. The zero-order valence-corrected chi connectivity index (χ0v) is 16.0. The lowest BCUT2D eigenvalue weighted by Gasteiger charge is -2.19. The van der Waals surface area contributed by atoms with Gasteiger partial charge in [-0.25, -0.2) is 28.1 Å². The molecule has 8 heteroatoms. The average Bonchev–Trinajstić information content (AvgIpc) is 2.66. The molecule has 0 aliphatic rings. The van der Waals surface area contributed by atoms with Crippen molar-refractivity contribution in [1.82, 2.24) is 13.7 Å². The van der Waals surface area contributed by atoms with E-state index in [1.807, 2.05) is 6.92 Å². The van der Waals surface area contributed by atoms with Gasteiger partial charge in [0.15, 0.2) is 0 Å². The maximum Gasteiger partial charge on any atom is 0.336 e. The molecule has 1 heterocycles. The average molecular weight is 379 g/mol. The van der Waals surface area contributed by atoms with Gasteiger partial charge >= 0.3 is 17.1 Å². The minimum atomic E-state index is -0.687. The molecule has 0 spiro atoms. The third-order valence-electron chi connectivity index (χ3n) is 3.81. The molecule has 1 aromatic heterocycles. The van der Waals surface area contributed by atoms with E-state index < -0.39 is 23.2 Å². The van der Waals surface area contributed by atoms with Crippen LogP contribution in [0.3, 0.4) is 0 Å². The van der Waals surface area contributed by atoms with Crippen LogP contribution in [0, 0.1) is 0 Å². The van der Waals surface area contributed by atoms with Crippen molar-refractivity contribution in [3.05, 3.63) is 69.4 Å². The van der Waals surface area contributed by atoms with Crippen molar-refractivity contribution >= 4 is 0 Å². The van der Waals surface area contributed by atoms with Crippen LogP contribution >= 0.6 is 0 Å². The summed E-state index contributed by atoms with van der Waals surface area (Å²) in [6.45, 7) is 13.7. The first-order valence-electron chi connectivity index (χ1n) is 8.98. The molecule has 0 aliphatic heterocycles. The van der Waals surface area contributed by atoms with E-state index >= 15 is 0 Å². The number of nitrogens with zero attached hydrogens (tertiary/aromatic N) is 3. The van der Waals surface area contributed by atoms with E-state index in [0.717, 1.165) is 20.1 Å². The number of allylic oxidation sites excluding steroid dienone is 1. The first kappa shape index (κ1) is 22.6.